The highest BCUT2D eigenvalue weighted by atomic mass is 19.1. The maximum absolute atomic E-state index is 14.4. The van der Waals surface area contributed by atoms with Crippen LogP contribution >= 0.6 is 0 Å². The second kappa shape index (κ2) is 16.3. The van der Waals surface area contributed by atoms with Crippen molar-refractivity contribution in [1.82, 2.24) is 0 Å². The molecular formula is C32H51FO3. The largest absolute Gasteiger partial charge is 0.491 e. The molecule has 0 radical (unpaired) electrons. The lowest BCUT2D eigenvalue weighted by atomic mass is 9.70. The van der Waals surface area contributed by atoms with Crippen molar-refractivity contribution in [2.75, 3.05) is 6.61 Å². The fraction of sp³-hybridized carbons (Fsp3) is 0.781. The van der Waals surface area contributed by atoms with E-state index in [1.165, 1.54) is 76.7 Å². The zero-order valence-corrected chi connectivity index (χ0v) is 23.1. The van der Waals surface area contributed by atoms with Crippen LogP contribution in [0.1, 0.15) is 140 Å². The minimum Gasteiger partial charge on any atom is -0.491 e. The van der Waals surface area contributed by atoms with Crippen molar-refractivity contribution < 1.29 is 18.7 Å². The third-order valence-corrected chi connectivity index (χ3v) is 8.69. The molecule has 0 saturated heterocycles. The number of carbonyl (C=O) groups excluding carboxylic acids is 1. The second-order valence-electron chi connectivity index (χ2n) is 11.5. The highest BCUT2D eigenvalue weighted by molar-refractivity contribution is 5.89. The summed E-state index contributed by atoms with van der Waals surface area (Å²) in [5.74, 6) is 1.93. The summed E-state index contributed by atoms with van der Waals surface area (Å²) in [6.07, 6.45) is 22.5. The Labute approximate surface area is 219 Å². The summed E-state index contributed by atoms with van der Waals surface area (Å²) in [7, 11) is 0. The van der Waals surface area contributed by atoms with Crippen molar-refractivity contribution in [2.45, 2.75) is 136 Å². The molecule has 0 unspecified atom stereocenters. The zero-order valence-electron chi connectivity index (χ0n) is 23.1. The number of unbranched alkanes of at least 4 members (excludes halogenated alkanes) is 7. The summed E-state index contributed by atoms with van der Waals surface area (Å²) < 4.78 is 25.8. The Bertz CT molecular complexity index is 748. The number of rotatable bonds is 15. The van der Waals surface area contributed by atoms with Gasteiger partial charge >= 0.3 is 5.97 Å². The number of hydrogen-bond acceptors (Lipinski definition) is 3. The zero-order chi connectivity index (χ0) is 25.6. The van der Waals surface area contributed by atoms with Crippen LogP contribution in [0.2, 0.25) is 0 Å². The summed E-state index contributed by atoms with van der Waals surface area (Å²) in [6.45, 7) is 4.95. The van der Waals surface area contributed by atoms with E-state index in [9.17, 15) is 9.18 Å². The molecule has 2 aliphatic carbocycles. The Hall–Kier alpha value is -1.58. The first-order chi connectivity index (χ1) is 17.6. The summed E-state index contributed by atoms with van der Waals surface area (Å²) in [5, 5.41) is 0. The smallest absolute Gasteiger partial charge is 0.338 e. The summed E-state index contributed by atoms with van der Waals surface area (Å²) in [5.41, 5.74) is 0.279. The van der Waals surface area contributed by atoms with Crippen molar-refractivity contribution in [1.29, 1.82) is 0 Å². The van der Waals surface area contributed by atoms with Gasteiger partial charge in [-0.2, -0.15) is 0 Å². The van der Waals surface area contributed by atoms with Crippen LogP contribution in [0.3, 0.4) is 0 Å². The van der Waals surface area contributed by atoms with E-state index in [2.05, 4.69) is 13.8 Å². The van der Waals surface area contributed by atoms with Gasteiger partial charge in [-0.25, -0.2) is 9.18 Å². The van der Waals surface area contributed by atoms with Crippen LogP contribution in [0.4, 0.5) is 4.39 Å². The van der Waals surface area contributed by atoms with E-state index in [-0.39, 0.29) is 17.4 Å². The number of benzene rings is 1. The molecule has 0 N–H and O–H groups in total. The molecule has 0 amide bonds. The molecule has 3 rings (SSSR count). The average Bonchev–Trinajstić information content (AvgIpc) is 2.90. The SMILES string of the molecule is CCCCCCCC1CCC(C2CCC(OC(=O)c3ccc(OCCCCCC)c(F)c3)CC2)CC1. The molecule has 204 valence electrons. The van der Waals surface area contributed by atoms with E-state index in [1.807, 2.05) is 0 Å². The van der Waals surface area contributed by atoms with Crippen molar-refractivity contribution in [3.63, 3.8) is 0 Å². The van der Waals surface area contributed by atoms with Crippen LogP contribution in [0.5, 0.6) is 5.75 Å². The average molecular weight is 503 g/mol. The summed E-state index contributed by atoms with van der Waals surface area (Å²) >= 11 is 0. The molecule has 3 nitrogen and oxygen atoms in total. The fourth-order valence-corrected chi connectivity index (χ4v) is 6.34. The molecule has 1 aromatic rings. The molecule has 0 aliphatic heterocycles. The quantitative estimate of drug-likeness (QED) is 0.177. The number of carbonyl (C=O) groups is 1. The van der Waals surface area contributed by atoms with Crippen LogP contribution in [-0.2, 0) is 4.74 Å². The molecule has 0 heterocycles. The first kappa shape index (κ1) is 29.0. The van der Waals surface area contributed by atoms with E-state index in [1.54, 1.807) is 12.1 Å². The molecule has 2 aliphatic rings. The minimum absolute atomic E-state index is 0.0363. The standard InChI is InChI=1S/C32H51FO3/c1-3-5-7-9-10-12-25-13-15-26(16-14-25)27-17-20-29(21-18-27)36-32(34)28-19-22-31(30(33)24-28)35-23-11-8-6-4-2/h19,22,24-27,29H,3-18,20-21,23H2,1-2H3. The van der Waals surface area contributed by atoms with Crippen molar-refractivity contribution in [3.05, 3.63) is 29.6 Å². The van der Waals surface area contributed by atoms with Gasteiger partial charge in [-0.3, -0.25) is 0 Å². The third-order valence-electron chi connectivity index (χ3n) is 8.69. The molecule has 2 fully saturated rings. The number of ether oxygens (including phenoxy) is 2. The van der Waals surface area contributed by atoms with E-state index in [0.29, 0.717) is 6.61 Å². The Morgan fingerprint density at radius 1 is 0.806 bits per heavy atom. The lowest BCUT2D eigenvalue weighted by Gasteiger charge is -2.37. The molecule has 0 atom stereocenters. The monoisotopic (exact) mass is 502 g/mol. The van der Waals surface area contributed by atoms with Crippen LogP contribution in [-0.4, -0.2) is 18.7 Å². The first-order valence-electron chi connectivity index (χ1n) is 15.2. The first-order valence-corrected chi connectivity index (χ1v) is 15.2. The minimum atomic E-state index is -0.486. The molecule has 4 heteroatoms. The lowest BCUT2D eigenvalue weighted by Crippen LogP contribution is -2.29. The fourth-order valence-electron chi connectivity index (χ4n) is 6.34. The van der Waals surface area contributed by atoms with Gasteiger partial charge in [0.25, 0.3) is 0 Å². The van der Waals surface area contributed by atoms with Gasteiger partial charge in [0.2, 0.25) is 0 Å². The number of esters is 1. The molecule has 0 bridgehead atoms. The Morgan fingerprint density at radius 3 is 2.06 bits per heavy atom. The molecule has 2 saturated carbocycles. The third kappa shape index (κ3) is 9.71. The van der Waals surface area contributed by atoms with Crippen LogP contribution in [0, 0.1) is 23.6 Å². The van der Waals surface area contributed by atoms with E-state index in [4.69, 9.17) is 9.47 Å². The van der Waals surface area contributed by atoms with Gasteiger partial charge in [-0.1, -0.05) is 84.5 Å². The topological polar surface area (TPSA) is 35.5 Å². The predicted molar refractivity (Wildman–Crippen MR) is 146 cm³/mol. The normalized spacial score (nSPS) is 24.4. The Kier molecular flexibility index (Phi) is 13.1. The molecule has 0 aromatic heterocycles. The van der Waals surface area contributed by atoms with Gasteiger partial charge in [-0.05, 0) is 80.9 Å². The van der Waals surface area contributed by atoms with Crippen molar-refractivity contribution >= 4 is 5.97 Å². The van der Waals surface area contributed by atoms with Gasteiger partial charge in [0.1, 0.15) is 6.10 Å². The molecular weight excluding hydrogens is 451 g/mol. The summed E-state index contributed by atoms with van der Waals surface area (Å²) in [6, 6.07) is 4.45. The van der Waals surface area contributed by atoms with Crippen molar-refractivity contribution in [2.24, 2.45) is 17.8 Å². The summed E-state index contributed by atoms with van der Waals surface area (Å²) in [4.78, 5) is 12.6. The lowest BCUT2D eigenvalue weighted by molar-refractivity contribution is 0.0109. The van der Waals surface area contributed by atoms with E-state index in [0.717, 1.165) is 62.7 Å². The Balaban J connectivity index is 1.33. The molecule has 1 aromatic carbocycles. The van der Waals surface area contributed by atoms with Gasteiger partial charge in [-0.15, -0.1) is 0 Å². The molecule has 36 heavy (non-hydrogen) atoms. The van der Waals surface area contributed by atoms with E-state index < -0.39 is 11.8 Å². The highest BCUT2D eigenvalue weighted by Crippen LogP contribution is 2.41. The van der Waals surface area contributed by atoms with Gasteiger partial charge < -0.3 is 9.47 Å². The number of halogens is 1. The predicted octanol–water partition coefficient (Wildman–Crippen LogP) is 9.67. The van der Waals surface area contributed by atoms with Gasteiger partial charge in [0.15, 0.2) is 11.6 Å². The maximum Gasteiger partial charge on any atom is 0.338 e. The van der Waals surface area contributed by atoms with Crippen LogP contribution in [0.15, 0.2) is 18.2 Å². The van der Waals surface area contributed by atoms with Crippen LogP contribution in [0.25, 0.3) is 0 Å². The van der Waals surface area contributed by atoms with Gasteiger partial charge in [0, 0.05) is 0 Å². The van der Waals surface area contributed by atoms with Crippen LogP contribution < -0.4 is 4.74 Å². The van der Waals surface area contributed by atoms with Gasteiger partial charge in [0.05, 0.1) is 12.2 Å². The number of hydrogen-bond donors (Lipinski definition) is 0. The second-order valence-corrected chi connectivity index (χ2v) is 11.5. The van der Waals surface area contributed by atoms with Crippen molar-refractivity contribution in [3.8, 4) is 5.75 Å². The highest BCUT2D eigenvalue weighted by Gasteiger charge is 2.32. The maximum atomic E-state index is 14.4. The molecule has 0 spiro atoms. The van der Waals surface area contributed by atoms with E-state index >= 15 is 0 Å². The Morgan fingerprint density at radius 2 is 1.42 bits per heavy atom.